The number of benzene rings is 3. The van der Waals surface area contributed by atoms with Crippen LogP contribution in [-0.4, -0.2) is 22.6 Å². The van der Waals surface area contributed by atoms with Crippen molar-refractivity contribution < 1.29 is 9.32 Å². The molecular formula is C24H21N3O2. The van der Waals surface area contributed by atoms with Crippen molar-refractivity contribution in [3.8, 4) is 11.5 Å². The number of carbonyl (C=O) groups excluding carboxylic acids is 1. The highest BCUT2D eigenvalue weighted by molar-refractivity contribution is 5.94. The summed E-state index contributed by atoms with van der Waals surface area (Å²) in [7, 11) is 0. The fourth-order valence-corrected chi connectivity index (χ4v) is 3.27. The van der Waals surface area contributed by atoms with Crippen LogP contribution < -0.4 is 5.32 Å². The van der Waals surface area contributed by atoms with Crippen molar-refractivity contribution in [3.05, 3.63) is 107 Å². The zero-order chi connectivity index (χ0) is 20.1. The summed E-state index contributed by atoms with van der Waals surface area (Å²) in [5.41, 5.74) is 3.71. The van der Waals surface area contributed by atoms with Crippen LogP contribution in [0.2, 0.25) is 0 Å². The maximum absolute atomic E-state index is 12.7. The number of hydrogen-bond acceptors (Lipinski definition) is 4. The Kier molecular flexibility index (Phi) is 5.47. The molecule has 3 aromatic carbocycles. The molecule has 29 heavy (non-hydrogen) atoms. The van der Waals surface area contributed by atoms with Crippen molar-refractivity contribution in [2.24, 2.45) is 0 Å². The van der Waals surface area contributed by atoms with Crippen LogP contribution in [0, 0.1) is 6.92 Å². The molecule has 5 heteroatoms. The zero-order valence-corrected chi connectivity index (χ0v) is 16.1. The molecule has 0 unspecified atom stereocenters. The molecule has 4 rings (SSSR count). The van der Waals surface area contributed by atoms with E-state index < -0.39 is 0 Å². The number of aromatic nitrogens is 2. The van der Waals surface area contributed by atoms with Gasteiger partial charge in [-0.25, -0.2) is 0 Å². The number of nitrogens with one attached hydrogen (secondary N) is 1. The molecular weight excluding hydrogens is 362 g/mol. The predicted molar refractivity (Wildman–Crippen MR) is 112 cm³/mol. The topological polar surface area (TPSA) is 68.0 Å². The standard InChI is InChI=1S/C24H21N3O2/c1-17-26-24(29-27-17)21-14-12-20(13-15-21)23(28)25-16-22(18-8-4-2-5-9-18)19-10-6-3-7-11-19/h2-15,22H,16H2,1H3,(H,25,28). The van der Waals surface area contributed by atoms with E-state index in [-0.39, 0.29) is 11.8 Å². The third kappa shape index (κ3) is 4.41. The smallest absolute Gasteiger partial charge is 0.257 e. The third-order valence-corrected chi connectivity index (χ3v) is 4.79. The average molecular weight is 383 g/mol. The van der Waals surface area contributed by atoms with E-state index in [0.717, 1.165) is 5.56 Å². The molecule has 5 nitrogen and oxygen atoms in total. The molecule has 1 amide bonds. The highest BCUT2D eigenvalue weighted by Crippen LogP contribution is 2.24. The molecule has 0 aliphatic heterocycles. The average Bonchev–Trinajstić information content (AvgIpc) is 3.22. The van der Waals surface area contributed by atoms with Gasteiger partial charge in [0.15, 0.2) is 5.82 Å². The Morgan fingerprint density at radius 1 is 0.897 bits per heavy atom. The summed E-state index contributed by atoms with van der Waals surface area (Å²) >= 11 is 0. The van der Waals surface area contributed by atoms with Gasteiger partial charge in [-0.05, 0) is 42.3 Å². The van der Waals surface area contributed by atoms with Crippen LogP contribution in [-0.2, 0) is 0 Å². The maximum atomic E-state index is 12.7. The lowest BCUT2D eigenvalue weighted by Gasteiger charge is -2.19. The van der Waals surface area contributed by atoms with E-state index in [0.29, 0.717) is 23.8 Å². The number of aryl methyl sites for hydroxylation is 1. The van der Waals surface area contributed by atoms with Crippen LogP contribution >= 0.6 is 0 Å². The van der Waals surface area contributed by atoms with E-state index in [1.807, 2.05) is 48.5 Å². The summed E-state index contributed by atoms with van der Waals surface area (Å²) in [6.07, 6.45) is 0. The Morgan fingerprint density at radius 2 is 1.48 bits per heavy atom. The first-order chi connectivity index (χ1) is 14.2. The van der Waals surface area contributed by atoms with Gasteiger partial charge in [-0.1, -0.05) is 65.8 Å². The quantitative estimate of drug-likeness (QED) is 0.528. The molecule has 0 atom stereocenters. The molecule has 1 N–H and O–H groups in total. The van der Waals surface area contributed by atoms with Gasteiger partial charge in [-0.2, -0.15) is 4.98 Å². The highest BCUT2D eigenvalue weighted by atomic mass is 16.5. The van der Waals surface area contributed by atoms with E-state index in [1.165, 1.54) is 11.1 Å². The Hall–Kier alpha value is -3.73. The number of amides is 1. The van der Waals surface area contributed by atoms with Gasteiger partial charge in [0.05, 0.1) is 0 Å². The molecule has 0 spiro atoms. The largest absolute Gasteiger partial charge is 0.351 e. The first kappa shape index (κ1) is 18.6. The summed E-state index contributed by atoms with van der Waals surface area (Å²) in [5.74, 6) is 0.995. The fraction of sp³-hybridized carbons (Fsp3) is 0.125. The van der Waals surface area contributed by atoms with Crippen LogP contribution in [0.3, 0.4) is 0 Å². The summed E-state index contributed by atoms with van der Waals surface area (Å²) in [5, 5.41) is 6.86. The lowest BCUT2D eigenvalue weighted by Crippen LogP contribution is -2.28. The number of hydrogen-bond donors (Lipinski definition) is 1. The molecule has 1 aromatic heterocycles. The van der Waals surface area contributed by atoms with Crippen LogP contribution in [0.4, 0.5) is 0 Å². The van der Waals surface area contributed by atoms with Crippen LogP contribution in [0.25, 0.3) is 11.5 Å². The highest BCUT2D eigenvalue weighted by Gasteiger charge is 2.16. The second-order valence-electron chi connectivity index (χ2n) is 6.81. The van der Waals surface area contributed by atoms with E-state index in [4.69, 9.17) is 4.52 Å². The molecule has 0 saturated heterocycles. The first-order valence-corrected chi connectivity index (χ1v) is 9.49. The Bertz CT molecular complexity index is 1030. The van der Waals surface area contributed by atoms with Crippen molar-refractivity contribution in [3.63, 3.8) is 0 Å². The molecule has 0 saturated carbocycles. The van der Waals surface area contributed by atoms with Gasteiger partial charge < -0.3 is 9.84 Å². The van der Waals surface area contributed by atoms with Gasteiger partial charge >= 0.3 is 0 Å². The minimum Gasteiger partial charge on any atom is -0.351 e. The van der Waals surface area contributed by atoms with Gasteiger partial charge in [0.2, 0.25) is 0 Å². The van der Waals surface area contributed by atoms with Crippen molar-refractivity contribution in [1.82, 2.24) is 15.5 Å². The van der Waals surface area contributed by atoms with Crippen LogP contribution in [0.5, 0.6) is 0 Å². The Morgan fingerprint density at radius 3 is 2.00 bits per heavy atom. The van der Waals surface area contributed by atoms with Gasteiger partial charge in [0.1, 0.15) is 0 Å². The Balaban J connectivity index is 1.48. The number of nitrogens with zero attached hydrogens (tertiary/aromatic N) is 2. The monoisotopic (exact) mass is 383 g/mol. The van der Waals surface area contributed by atoms with E-state index in [9.17, 15) is 4.79 Å². The molecule has 1 heterocycles. The van der Waals surface area contributed by atoms with Gasteiger partial charge in [-0.15, -0.1) is 0 Å². The third-order valence-electron chi connectivity index (χ3n) is 4.79. The second-order valence-corrected chi connectivity index (χ2v) is 6.81. The molecule has 0 aliphatic carbocycles. The molecule has 4 aromatic rings. The van der Waals surface area contributed by atoms with Gasteiger partial charge in [-0.3, -0.25) is 4.79 Å². The normalized spacial score (nSPS) is 10.8. The van der Waals surface area contributed by atoms with Crippen molar-refractivity contribution in [1.29, 1.82) is 0 Å². The summed E-state index contributed by atoms with van der Waals surface area (Å²) in [6, 6.07) is 27.6. The lowest BCUT2D eigenvalue weighted by atomic mass is 9.91. The van der Waals surface area contributed by atoms with Crippen LogP contribution in [0.15, 0.2) is 89.5 Å². The fourth-order valence-electron chi connectivity index (χ4n) is 3.27. The van der Waals surface area contributed by atoms with E-state index in [1.54, 1.807) is 19.1 Å². The first-order valence-electron chi connectivity index (χ1n) is 9.49. The van der Waals surface area contributed by atoms with Crippen molar-refractivity contribution >= 4 is 5.91 Å². The zero-order valence-electron chi connectivity index (χ0n) is 16.1. The van der Waals surface area contributed by atoms with Crippen molar-refractivity contribution in [2.75, 3.05) is 6.54 Å². The lowest BCUT2D eigenvalue weighted by molar-refractivity contribution is 0.0952. The molecule has 0 radical (unpaired) electrons. The predicted octanol–water partition coefficient (Wildman–Crippen LogP) is 4.61. The molecule has 0 fully saturated rings. The van der Waals surface area contributed by atoms with Gasteiger partial charge in [0.25, 0.3) is 11.8 Å². The summed E-state index contributed by atoms with van der Waals surface area (Å²) < 4.78 is 5.17. The Labute approximate surface area is 169 Å². The summed E-state index contributed by atoms with van der Waals surface area (Å²) in [4.78, 5) is 16.9. The second kappa shape index (κ2) is 8.52. The van der Waals surface area contributed by atoms with Gasteiger partial charge in [0, 0.05) is 23.6 Å². The number of carbonyl (C=O) groups is 1. The van der Waals surface area contributed by atoms with E-state index >= 15 is 0 Å². The molecule has 144 valence electrons. The summed E-state index contributed by atoms with van der Waals surface area (Å²) in [6.45, 7) is 2.28. The maximum Gasteiger partial charge on any atom is 0.257 e. The van der Waals surface area contributed by atoms with Crippen molar-refractivity contribution in [2.45, 2.75) is 12.8 Å². The molecule has 0 aliphatic rings. The van der Waals surface area contributed by atoms with E-state index in [2.05, 4.69) is 39.7 Å². The SMILES string of the molecule is Cc1noc(-c2ccc(C(=O)NCC(c3ccccc3)c3ccccc3)cc2)n1. The number of rotatable bonds is 6. The minimum absolute atomic E-state index is 0.0852. The minimum atomic E-state index is -0.116. The molecule has 0 bridgehead atoms. The van der Waals surface area contributed by atoms with Crippen LogP contribution in [0.1, 0.15) is 33.2 Å².